The summed E-state index contributed by atoms with van der Waals surface area (Å²) in [5.41, 5.74) is 0. The molecule has 0 saturated heterocycles. The Kier molecular flexibility index (Phi) is 7.45. The highest BCUT2D eigenvalue weighted by atomic mass is 16.4. The van der Waals surface area contributed by atoms with Crippen molar-refractivity contribution >= 4 is 17.9 Å². The predicted molar refractivity (Wildman–Crippen MR) is 62.9 cm³/mol. The van der Waals surface area contributed by atoms with E-state index in [9.17, 15) is 14.4 Å². The second kappa shape index (κ2) is 8.29. The lowest BCUT2D eigenvalue weighted by Crippen LogP contribution is -2.53. The van der Waals surface area contributed by atoms with Gasteiger partial charge in [-0.05, 0) is 13.3 Å². The van der Waals surface area contributed by atoms with E-state index in [2.05, 4.69) is 10.6 Å². The fourth-order valence-electron chi connectivity index (χ4n) is 1.05. The first kappa shape index (κ1) is 16.2. The van der Waals surface area contributed by atoms with Crippen molar-refractivity contribution in [1.29, 1.82) is 0 Å². The Morgan fingerprint density at radius 2 is 1.83 bits per heavy atom. The summed E-state index contributed by atoms with van der Waals surface area (Å²) in [6.45, 7) is 3.14. The monoisotopic (exact) mass is 261 g/mol. The number of hydrogen-bond acceptors (Lipinski definition) is 4. The first-order valence-electron chi connectivity index (χ1n) is 5.60. The molecular weight excluding hydrogens is 242 g/mol. The van der Waals surface area contributed by atoms with Crippen molar-refractivity contribution in [2.24, 2.45) is 0 Å². The number of nitrogens with one attached hydrogen (secondary N) is 3. The second-order valence-corrected chi connectivity index (χ2v) is 3.70. The highest BCUT2D eigenvalue weighted by Crippen LogP contribution is 1.86. The van der Waals surface area contributed by atoms with Gasteiger partial charge in [0.1, 0.15) is 6.04 Å². The SMILES string of the molecule is CCCNC(=O)C(C)NC(=O)NC(CO)C(=O)O. The number of carboxylic acid groups (broad SMARTS) is 1. The normalized spacial score (nSPS) is 13.3. The van der Waals surface area contributed by atoms with Crippen LogP contribution in [-0.4, -0.2) is 53.4 Å². The lowest BCUT2D eigenvalue weighted by molar-refractivity contribution is -0.140. The summed E-state index contributed by atoms with van der Waals surface area (Å²) in [5, 5.41) is 24.2. The molecular formula is C10H19N3O5. The molecule has 0 aliphatic heterocycles. The maximum Gasteiger partial charge on any atom is 0.328 e. The quantitative estimate of drug-likeness (QED) is 0.387. The molecule has 0 spiro atoms. The Labute approximate surface area is 105 Å². The minimum atomic E-state index is -1.39. The predicted octanol–water partition coefficient (Wildman–Crippen LogP) is -1.35. The minimum Gasteiger partial charge on any atom is -0.480 e. The van der Waals surface area contributed by atoms with Crippen LogP contribution in [0.4, 0.5) is 4.79 Å². The third-order valence-electron chi connectivity index (χ3n) is 2.08. The lowest BCUT2D eigenvalue weighted by atomic mass is 10.3. The number of carbonyl (C=O) groups excluding carboxylic acids is 2. The van der Waals surface area contributed by atoms with Crippen LogP contribution in [-0.2, 0) is 9.59 Å². The molecule has 2 atom stereocenters. The fourth-order valence-corrected chi connectivity index (χ4v) is 1.05. The molecule has 0 bridgehead atoms. The van der Waals surface area contributed by atoms with Gasteiger partial charge in [0.2, 0.25) is 5.91 Å². The van der Waals surface area contributed by atoms with Gasteiger partial charge in [-0.1, -0.05) is 6.92 Å². The van der Waals surface area contributed by atoms with Gasteiger partial charge >= 0.3 is 12.0 Å². The van der Waals surface area contributed by atoms with Gasteiger partial charge in [0.15, 0.2) is 6.04 Å². The van der Waals surface area contributed by atoms with E-state index in [4.69, 9.17) is 10.2 Å². The molecule has 0 rings (SSSR count). The number of carboxylic acids is 1. The summed E-state index contributed by atoms with van der Waals surface area (Å²) in [6.07, 6.45) is 0.774. The highest BCUT2D eigenvalue weighted by Gasteiger charge is 2.21. The molecule has 8 heteroatoms. The molecule has 0 aromatic carbocycles. The smallest absolute Gasteiger partial charge is 0.328 e. The Balaban J connectivity index is 4.14. The van der Waals surface area contributed by atoms with Gasteiger partial charge in [0.05, 0.1) is 6.61 Å². The van der Waals surface area contributed by atoms with E-state index in [1.165, 1.54) is 6.92 Å². The molecule has 5 N–H and O–H groups in total. The van der Waals surface area contributed by atoms with E-state index in [0.29, 0.717) is 6.54 Å². The molecule has 0 aromatic rings. The van der Waals surface area contributed by atoms with Gasteiger partial charge in [-0.3, -0.25) is 4.79 Å². The third-order valence-corrected chi connectivity index (χ3v) is 2.08. The van der Waals surface area contributed by atoms with Crippen LogP contribution >= 0.6 is 0 Å². The topological polar surface area (TPSA) is 128 Å². The molecule has 0 aromatic heterocycles. The zero-order chi connectivity index (χ0) is 14.1. The minimum absolute atomic E-state index is 0.358. The Hall–Kier alpha value is -1.83. The average Bonchev–Trinajstić information content (AvgIpc) is 2.32. The zero-order valence-corrected chi connectivity index (χ0v) is 10.4. The number of aliphatic hydroxyl groups is 1. The molecule has 2 unspecified atom stereocenters. The van der Waals surface area contributed by atoms with Crippen LogP contribution in [0.25, 0.3) is 0 Å². The van der Waals surface area contributed by atoms with E-state index >= 15 is 0 Å². The maximum absolute atomic E-state index is 11.4. The van der Waals surface area contributed by atoms with Crippen LogP contribution in [0.1, 0.15) is 20.3 Å². The first-order valence-corrected chi connectivity index (χ1v) is 5.60. The number of urea groups is 1. The molecule has 0 aliphatic rings. The summed E-state index contributed by atoms with van der Waals surface area (Å²) < 4.78 is 0. The van der Waals surface area contributed by atoms with E-state index in [0.717, 1.165) is 6.42 Å². The standard InChI is InChI=1S/C10H19N3O5/c1-3-4-11-8(15)6(2)12-10(18)13-7(5-14)9(16)17/h6-7,14H,3-5H2,1-2H3,(H,11,15)(H,16,17)(H2,12,13,18). The van der Waals surface area contributed by atoms with Crippen LogP contribution < -0.4 is 16.0 Å². The van der Waals surface area contributed by atoms with Gasteiger partial charge < -0.3 is 26.2 Å². The van der Waals surface area contributed by atoms with Crippen LogP contribution in [0.2, 0.25) is 0 Å². The van der Waals surface area contributed by atoms with Crippen molar-refractivity contribution in [1.82, 2.24) is 16.0 Å². The second-order valence-electron chi connectivity index (χ2n) is 3.70. The maximum atomic E-state index is 11.4. The van der Waals surface area contributed by atoms with Crippen molar-refractivity contribution in [2.45, 2.75) is 32.4 Å². The summed E-state index contributed by atoms with van der Waals surface area (Å²) in [6, 6.07) is -3.00. The van der Waals surface area contributed by atoms with E-state index in [-0.39, 0.29) is 5.91 Å². The van der Waals surface area contributed by atoms with Crippen LogP contribution in [0.5, 0.6) is 0 Å². The van der Waals surface area contributed by atoms with Crippen molar-refractivity contribution in [3.8, 4) is 0 Å². The number of aliphatic hydroxyl groups excluding tert-OH is 1. The zero-order valence-electron chi connectivity index (χ0n) is 10.4. The van der Waals surface area contributed by atoms with Crippen LogP contribution in [0, 0.1) is 0 Å². The molecule has 104 valence electrons. The van der Waals surface area contributed by atoms with E-state index < -0.39 is 30.7 Å². The number of hydrogen-bond donors (Lipinski definition) is 5. The van der Waals surface area contributed by atoms with E-state index in [1.807, 2.05) is 12.2 Å². The van der Waals surface area contributed by atoms with Crippen molar-refractivity contribution < 1.29 is 24.6 Å². The number of carbonyl (C=O) groups is 3. The summed E-state index contributed by atoms with van der Waals surface area (Å²) >= 11 is 0. The van der Waals surface area contributed by atoms with Crippen molar-refractivity contribution in [3.63, 3.8) is 0 Å². The summed E-state index contributed by atoms with van der Waals surface area (Å²) in [7, 11) is 0. The van der Waals surface area contributed by atoms with Crippen LogP contribution in [0.15, 0.2) is 0 Å². The molecule has 0 heterocycles. The van der Waals surface area contributed by atoms with Crippen LogP contribution in [0.3, 0.4) is 0 Å². The highest BCUT2D eigenvalue weighted by molar-refractivity contribution is 5.88. The average molecular weight is 261 g/mol. The first-order chi connectivity index (χ1) is 8.42. The lowest BCUT2D eigenvalue weighted by Gasteiger charge is -2.16. The summed E-state index contributed by atoms with van der Waals surface area (Å²) in [4.78, 5) is 33.3. The third kappa shape index (κ3) is 6.04. The van der Waals surface area contributed by atoms with Gasteiger partial charge in [-0.15, -0.1) is 0 Å². The fraction of sp³-hybridized carbons (Fsp3) is 0.700. The largest absolute Gasteiger partial charge is 0.480 e. The molecule has 0 saturated carbocycles. The van der Waals surface area contributed by atoms with Gasteiger partial charge in [0, 0.05) is 6.54 Å². The van der Waals surface area contributed by atoms with Crippen molar-refractivity contribution in [2.75, 3.05) is 13.2 Å². The van der Waals surface area contributed by atoms with Gasteiger partial charge in [-0.25, -0.2) is 9.59 Å². The number of rotatable bonds is 7. The molecule has 8 nitrogen and oxygen atoms in total. The Bertz CT molecular complexity index is 308. The summed E-state index contributed by atoms with van der Waals surface area (Å²) in [5.74, 6) is -1.71. The van der Waals surface area contributed by atoms with Gasteiger partial charge in [0.25, 0.3) is 0 Å². The number of amides is 3. The molecule has 0 aliphatic carbocycles. The molecule has 18 heavy (non-hydrogen) atoms. The molecule has 0 radical (unpaired) electrons. The van der Waals surface area contributed by atoms with Crippen molar-refractivity contribution in [3.05, 3.63) is 0 Å². The van der Waals surface area contributed by atoms with E-state index in [1.54, 1.807) is 0 Å². The van der Waals surface area contributed by atoms with Gasteiger partial charge in [-0.2, -0.15) is 0 Å². The molecule has 0 fully saturated rings. The number of aliphatic carboxylic acids is 1. The Morgan fingerprint density at radius 1 is 1.22 bits per heavy atom. The Morgan fingerprint density at radius 3 is 2.28 bits per heavy atom. The molecule has 3 amide bonds.